The molecular weight excluding hydrogens is 200 g/mol. The van der Waals surface area contributed by atoms with Crippen molar-refractivity contribution in [2.75, 3.05) is 0 Å². The number of rotatable bonds is 5. The minimum atomic E-state index is 0.240. The van der Waals surface area contributed by atoms with Crippen molar-refractivity contribution in [3.05, 3.63) is 17.0 Å². The van der Waals surface area contributed by atoms with E-state index in [1.54, 1.807) is 4.68 Å². The van der Waals surface area contributed by atoms with Crippen LogP contribution in [0.1, 0.15) is 54.9 Å². The topological polar surface area (TPSA) is 34.9 Å². The molecule has 0 saturated carbocycles. The highest BCUT2D eigenvalue weighted by molar-refractivity contribution is 5.98. The molecule has 0 bridgehead atoms. The van der Waals surface area contributed by atoms with Crippen LogP contribution >= 0.6 is 0 Å². The molecule has 3 heteroatoms. The molecule has 1 aromatic rings. The molecule has 1 unspecified atom stereocenters. The Kier molecular flexibility index (Phi) is 4.27. The molecule has 0 spiro atoms. The maximum Gasteiger partial charge on any atom is 0.166 e. The molecule has 0 aliphatic heterocycles. The first-order valence-corrected chi connectivity index (χ1v) is 6.00. The molecule has 0 aliphatic rings. The van der Waals surface area contributed by atoms with Crippen molar-refractivity contribution in [3.8, 4) is 0 Å². The summed E-state index contributed by atoms with van der Waals surface area (Å²) in [6, 6.07) is 0. The van der Waals surface area contributed by atoms with Gasteiger partial charge in [-0.15, -0.1) is 0 Å². The number of aryl methyl sites for hydroxylation is 2. The second-order valence-corrected chi connectivity index (χ2v) is 4.69. The molecule has 0 saturated heterocycles. The second-order valence-electron chi connectivity index (χ2n) is 4.69. The van der Waals surface area contributed by atoms with Crippen molar-refractivity contribution in [3.63, 3.8) is 0 Å². The van der Waals surface area contributed by atoms with Crippen LogP contribution in [0.3, 0.4) is 0 Å². The fraction of sp³-hybridized carbons (Fsp3) is 0.692. The fourth-order valence-electron chi connectivity index (χ4n) is 2.19. The number of hydrogen-bond acceptors (Lipinski definition) is 2. The fourth-order valence-corrected chi connectivity index (χ4v) is 2.19. The number of nitrogens with zero attached hydrogens (tertiary/aromatic N) is 2. The summed E-state index contributed by atoms with van der Waals surface area (Å²) >= 11 is 0. The Hall–Kier alpha value is -1.12. The Bertz CT molecular complexity index is 380. The number of ketones is 1. The van der Waals surface area contributed by atoms with E-state index in [4.69, 9.17) is 0 Å². The molecule has 0 aromatic carbocycles. The van der Waals surface area contributed by atoms with Crippen LogP contribution in [-0.4, -0.2) is 15.6 Å². The zero-order chi connectivity index (χ0) is 12.3. The Morgan fingerprint density at radius 3 is 2.50 bits per heavy atom. The van der Waals surface area contributed by atoms with Crippen LogP contribution in [0.25, 0.3) is 0 Å². The summed E-state index contributed by atoms with van der Waals surface area (Å²) in [5.74, 6) is 0.709. The van der Waals surface area contributed by atoms with Gasteiger partial charge in [-0.2, -0.15) is 5.10 Å². The van der Waals surface area contributed by atoms with Gasteiger partial charge in [-0.25, -0.2) is 0 Å². The molecule has 16 heavy (non-hydrogen) atoms. The van der Waals surface area contributed by atoms with E-state index in [1.807, 2.05) is 20.9 Å². The third-order valence-electron chi connectivity index (χ3n) is 3.10. The second kappa shape index (κ2) is 5.28. The highest BCUT2D eigenvalue weighted by Crippen LogP contribution is 2.19. The summed E-state index contributed by atoms with van der Waals surface area (Å²) in [6.07, 6.45) is 2.89. The van der Waals surface area contributed by atoms with Crippen molar-refractivity contribution in [1.82, 2.24) is 9.78 Å². The number of carbonyl (C=O) groups excluding carboxylic acids is 1. The summed E-state index contributed by atoms with van der Waals surface area (Å²) < 4.78 is 1.78. The minimum absolute atomic E-state index is 0.240. The predicted octanol–water partition coefficient (Wildman–Crippen LogP) is 3.05. The van der Waals surface area contributed by atoms with Gasteiger partial charge in [0.05, 0.1) is 11.3 Å². The average Bonchev–Trinajstić information content (AvgIpc) is 2.41. The first kappa shape index (κ1) is 12.9. The first-order valence-electron chi connectivity index (χ1n) is 6.00. The summed E-state index contributed by atoms with van der Waals surface area (Å²) in [5.41, 5.74) is 2.66. The summed E-state index contributed by atoms with van der Waals surface area (Å²) in [6.45, 7) is 8.16. The summed E-state index contributed by atoms with van der Waals surface area (Å²) in [4.78, 5) is 12.1. The van der Waals surface area contributed by atoms with Gasteiger partial charge in [-0.1, -0.05) is 26.7 Å². The SMILES string of the molecule is CCCC(C)CC(=O)c1c(C)nn(C)c1C. The Morgan fingerprint density at radius 2 is 2.06 bits per heavy atom. The van der Waals surface area contributed by atoms with E-state index in [-0.39, 0.29) is 5.78 Å². The van der Waals surface area contributed by atoms with Crippen LogP contribution in [0.2, 0.25) is 0 Å². The molecule has 0 radical (unpaired) electrons. The van der Waals surface area contributed by atoms with E-state index in [1.165, 1.54) is 0 Å². The van der Waals surface area contributed by atoms with Gasteiger partial charge in [-0.05, 0) is 19.8 Å². The summed E-state index contributed by atoms with van der Waals surface area (Å²) in [7, 11) is 1.88. The van der Waals surface area contributed by atoms with Crippen molar-refractivity contribution in [1.29, 1.82) is 0 Å². The predicted molar refractivity (Wildman–Crippen MR) is 65.7 cm³/mol. The molecule has 1 aromatic heterocycles. The van der Waals surface area contributed by atoms with Gasteiger partial charge in [0, 0.05) is 19.2 Å². The van der Waals surface area contributed by atoms with Gasteiger partial charge in [-0.3, -0.25) is 9.48 Å². The molecular formula is C13H22N2O. The largest absolute Gasteiger partial charge is 0.294 e. The Labute approximate surface area is 97.8 Å². The van der Waals surface area contributed by atoms with E-state index >= 15 is 0 Å². The van der Waals surface area contributed by atoms with Crippen LogP contribution in [-0.2, 0) is 7.05 Å². The van der Waals surface area contributed by atoms with E-state index in [2.05, 4.69) is 18.9 Å². The highest BCUT2D eigenvalue weighted by atomic mass is 16.1. The lowest BCUT2D eigenvalue weighted by molar-refractivity contribution is 0.0961. The molecule has 0 aliphatic carbocycles. The summed E-state index contributed by atoms with van der Waals surface area (Å²) in [5, 5.41) is 4.28. The molecule has 3 nitrogen and oxygen atoms in total. The Balaban J connectivity index is 2.80. The first-order chi connectivity index (χ1) is 7.47. The molecule has 90 valence electrons. The maximum atomic E-state index is 12.1. The highest BCUT2D eigenvalue weighted by Gasteiger charge is 2.18. The van der Waals surface area contributed by atoms with Gasteiger partial charge in [0.2, 0.25) is 0 Å². The van der Waals surface area contributed by atoms with Crippen LogP contribution in [0.15, 0.2) is 0 Å². The number of Topliss-reactive ketones (excluding diaryl/α,β-unsaturated/α-hetero) is 1. The molecule has 1 heterocycles. The molecule has 0 N–H and O–H groups in total. The third kappa shape index (κ3) is 2.71. The van der Waals surface area contributed by atoms with Crippen LogP contribution in [0, 0.1) is 19.8 Å². The lowest BCUT2D eigenvalue weighted by Gasteiger charge is -2.08. The lowest BCUT2D eigenvalue weighted by atomic mass is 9.95. The number of hydrogen-bond donors (Lipinski definition) is 0. The monoisotopic (exact) mass is 222 g/mol. The normalized spacial score (nSPS) is 12.8. The van der Waals surface area contributed by atoms with Crippen molar-refractivity contribution in [2.45, 2.75) is 47.0 Å². The van der Waals surface area contributed by atoms with Crippen LogP contribution in [0.5, 0.6) is 0 Å². The van der Waals surface area contributed by atoms with Gasteiger partial charge in [0.15, 0.2) is 5.78 Å². The van der Waals surface area contributed by atoms with Gasteiger partial charge >= 0.3 is 0 Å². The smallest absolute Gasteiger partial charge is 0.166 e. The zero-order valence-electron chi connectivity index (χ0n) is 11.0. The molecule has 1 atom stereocenters. The average molecular weight is 222 g/mol. The van der Waals surface area contributed by atoms with Crippen molar-refractivity contribution >= 4 is 5.78 Å². The van der Waals surface area contributed by atoms with Crippen molar-refractivity contribution in [2.24, 2.45) is 13.0 Å². The lowest BCUT2D eigenvalue weighted by Crippen LogP contribution is -2.08. The number of aromatic nitrogens is 2. The van der Waals surface area contributed by atoms with Gasteiger partial charge in [0.1, 0.15) is 0 Å². The third-order valence-corrected chi connectivity index (χ3v) is 3.10. The van der Waals surface area contributed by atoms with E-state index < -0.39 is 0 Å². The van der Waals surface area contributed by atoms with Gasteiger partial charge < -0.3 is 0 Å². The minimum Gasteiger partial charge on any atom is -0.294 e. The van der Waals surface area contributed by atoms with Crippen LogP contribution in [0.4, 0.5) is 0 Å². The van der Waals surface area contributed by atoms with E-state index in [0.717, 1.165) is 29.8 Å². The van der Waals surface area contributed by atoms with Gasteiger partial charge in [0.25, 0.3) is 0 Å². The Morgan fingerprint density at radius 1 is 1.44 bits per heavy atom. The maximum absolute atomic E-state index is 12.1. The molecule has 0 amide bonds. The molecule has 1 rings (SSSR count). The number of carbonyl (C=O) groups is 1. The van der Waals surface area contributed by atoms with Crippen molar-refractivity contribution < 1.29 is 4.79 Å². The van der Waals surface area contributed by atoms with E-state index in [9.17, 15) is 4.79 Å². The molecule has 0 fully saturated rings. The standard InChI is InChI=1S/C13H22N2O/c1-6-7-9(2)8-12(16)13-10(3)14-15(5)11(13)4/h9H,6-8H2,1-5H3. The quantitative estimate of drug-likeness (QED) is 0.718. The van der Waals surface area contributed by atoms with Crippen LogP contribution < -0.4 is 0 Å². The van der Waals surface area contributed by atoms with E-state index in [0.29, 0.717) is 12.3 Å². The zero-order valence-corrected chi connectivity index (χ0v) is 11.0.